The maximum atomic E-state index is 6.42. The van der Waals surface area contributed by atoms with Crippen molar-refractivity contribution in [3.63, 3.8) is 0 Å². The lowest BCUT2D eigenvalue weighted by Crippen LogP contribution is -2.61. The molecule has 0 saturated heterocycles. The molecule has 4 heteroatoms. The lowest BCUT2D eigenvalue weighted by atomic mass is 9.33. The van der Waals surface area contributed by atoms with Crippen LogP contribution in [0, 0.1) is 0 Å². The van der Waals surface area contributed by atoms with E-state index in [9.17, 15) is 0 Å². The zero-order valence-electron chi connectivity index (χ0n) is 38.8. The molecule has 0 N–H and O–H groups in total. The first-order chi connectivity index (χ1) is 30.6. The number of benzene rings is 7. The van der Waals surface area contributed by atoms with Gasteiger partial charge in [-0.1, -0.05) is 165 Å². The summed E-state index contributed by atoms with van der Waals surface area (Å²) in [4.78, 5) is 5.15. The zero-order chi connectivity index (χ0) is 44.3. The lowest BCUT2D eigenvalue weighted by molar-refractivity contribution is 0.545. The van der Waals surface area contributed by atoms with Gasteiger partial charge in [-0.05, 0) is 133 Å². The van der Waals surface area contributed by atoms with E-state index in [1.807, 2.05) is 0 Å². The van der Waals surface area contributed by atoms with Crippen molar-refractivity contribution in [2.75, 3.05) is 9.80 Å². The number of para-hydroxylation sites is 1. The number of aryl methyl sites for hydroxylation is 1. The topological polar surface area (TPSA) is 19.6 Å². The summed E-state index contributed by atoms with van der Waals surface area (Å²) in [6.45, 7) is 21.1. The van der Waals surface area contributed by atoms with Crippen molar-refractivity contribution < 1.29 is 4.42 Å². The first kappa shape index (κ1) is 40.3. The van der Waals surface area contributed by atoms with E-state index < -0.39 is 0 Å². The third kappa shape index (κ3) is 6.56. The van der Waals surface area contributed by atoms with E-state index in [1.54, 1.807) is 0 Å². The number of allylic oxidation sites excluding steroid dienone is 1. The Kier molecular flexibility index (Phi) is 9.13. The van der Waals surface area contributed by atoms with Crippen molar-refractivity contribution in [1.82, 2.24) is 0 Å². The molecule has 0 amide bonds. The van der Waals surface area contributed by atoms with Crippen LogP contribution in [0.4, 0.5) is 34.1 Å². The molecule has 3 heterocycles. The summed E-state index contributed by atoms with van der Waals surface area (Å²) in [6, 6.07) is 57.4. The summed E-state index contributed by atoms with van der Waals surface area (Å²) in [5.74, 6) is 1.09. The molecule has 0 radical (unpaired) electrons. The standard InChI is InChI=1S/C60H57BN2O/c1-58(2,3)41-26-32-48-50(34-41)62(44-28-22-39(23-29-44)38-16-11-10-12-17-38)52-36-43(60(7,8)9)37-53-57(52)61(48)49-33-27-42(59(4,5)6)35-51(49)63(53)45-30-24-40(25-31-45)46-19-15-21-55-56(46)47-18-13-14-20-54(47)64-55/h10-14,16-20,22-37H,15,21H2,1-9H3. The molecule has 316 valence electrons. The molecule has 2 aliphatic heterocycles. The highest BCUT2D eigenvalue weighted by Crippen LogP contribution is 2.48. The normalized spacial score (nSPS) is 14.5. The number of hydrogen-bond acceptors (Lipinski definition) is 3. The summed E-state index contributed by atoms with van der Waals surface area (Å²) in [5, 5.41) is 1.19. The van der Waals surface area contributed by atoms with Crippen LogP contribution in [0.2, 0.25) is 0 Å². The second-order valence-electron chi connectivity index (χ2n) is 21.3. The van der Waals surface area contributed by atoms with Crippen LogP contribution in [-0.2, 0) is 22.7 Å². The van der Waals surface area contributed by atoms with Gasteiger partial charge in [0.05, 0.1) is 0 Å². The Morgan fingerprint density at radius 3 is 1.50 bits per heavy atom. The van der Waals surface area contributed by atoms with Gasteiger partial charge in [-0.3, -0.25) is 0 Å². The number of anilines is 6. The molecule has 3 aliphatic rings. The third-order valence-corrected chi connectivity index (χ3v) is 14.0. The molecule has 1 aromatic heterocycles. The summed E-state index contributed by atoms with van der Waals surface area (Å²) in [5.41, 5.74) is 22.3. The highest BCUT2D eigenvalue weighted by molar-refractivity contribution is 7.00. The van der Waals surface area contributed by atoms with E-state index in [1.165, 1.54) is 89.0 Å². The Labute approximate surface area is 380 Å². The second kappa shape index (κ2) is 14.5. The van der Waals surface area contributed by atoms with E-state index in [0.29, 0.717) is 0 Å². The first-order valence-electron chi connectivity index (χ1n) is 23.2. The minimum atomic E-state index is -0.112. The quantitative estimate of drug-likeness (QED) is 0.165. The Hall–Kier alpha value is -6.52. The van der Waals surface area contributed by atoms with Gasteiger partial charge in [0, 0.05) is 51.5 Å². The van der Waals surface area contributed by atoms with Gasteiger partial charge in [-0.15, -0.1) is 0 Å². The first-order valence-corrected chi connectivity index (χ1v) is 23.2. The number of hydrogen-bond donors (Lipinski definition) is 0. The van der Waals surface area contributed by atoms with Gasteiger partial charge in [0.1, 0.15) is 11.3 Å². The van der Waals surface area contributed by atoms with E-state index in [2.05, 4.69) is 230 Å². The van der Waals surface area contributed by atoms with E-state index in [4.69, 9.17) is 4.42 Å². The molecule has 0 spiro atoms. The molecule has 8 aromatic rings. The van der Waals surface area contributed by atoms with Crippen LogP contribution in [0.5, 0.6) is 0 Å². The van der Waals surface area contributed by atoms with E-state index in [0.717, 1.165) is 35.6 Å². The molecule has 0 bridgehead atoms. The van der Waals surface area contributed by atoms with Crippen LogP contribution in [0.1, 0.15) is 102 Å². The number of rotatable bonds is 4. The summed E-state index contributed by atoms with van der Waals surface area (Å²) in [7, 11) is 0. The summed E-state index contributed by atoms with van der Waals surface area (Å²) in [6.07, 6.45) is 4.30. The molecule has 0 atom stereocenters. The second-order valence-corrected chi connectivity index (χ2v) is 21.3. The predicted octanol–water partition coefficient (Wildman–Crippen LogP) is 14.5. The Morgan fingerprint density at radius 1 is 0.469 bits per heavy atom. The van der Waals surface area contributed by atoms with Crippen LogP contribution < -0.4 is 26.2 Å². The van der Waals surface area contributed by atoms with Gasteiger partial charge >= 0.3 is 0 Å². The minimum absolute atomic E-state index is 0.0223. The summed E-state index contributed by atoms with van der Waals surface area (Å²) < 4.78 is 6.42. The van der Waals surface area contributed by atoms with Crippen molar-refractivity contribution in [2.45, 2.75) is 91.4 Å². The fourth-order valence-electron chi connectivity index (χ4n) is 10.4. The number of nitrogens with zero attached hydrogens (tertiary/aromatic N) is 2. The largest absolute Gasteiger partial charge is 0.460 e. The Morgan fingerprint density at radius 2 is 0.953 bits per heavy atom. The molecule has 0 saturated carbocycles. The molecule has 64 heavy (non-hydrogen) atoms. The van der Waals surface area contributed by atoms with Crippen LogP contribution in [-0.4, -0.2) is 6.71 Å². The Bertz CT molecular complexity index is 3150. The van der Waals surface area contributed by atoms with Crippen molar-refractivity contribution in [3.8, 4) is 11.1 Å². The minimum Gasteiger partial charge on any atom is -0.460 e. The van der Waals surface area contributed by atoms with Gasteiger partial charge in [0.2, 0.25) is 0 Å². The fourth-order valence-corrected chi connectivity index (χ4v) is 10.4. The molecule has 7 aromatic carbocycles. The summed E-state index contributed by atoms with van der Waals surface area (Å²) >= 11 is 0. The number of furan rings is 1. The van der Waals surface area contributed by atoms with Gasteiger partial charge < -0.3 is 14.2 Å². The van der Waals surface area contributed by atoms with Crippen molar-refractivity contribution in [3.05, 3.63) is 191 Å². The van der Waals surface area contributed by atoms with Crippen molar-refractivity contribution >= 4 is 73.8 Å². The maximum absolute atomic E-state index is 6.42. The predicted molar refractivity (Wildman–Crippen MR) is 274 cm³/mol. The Balaban J connectivity index is 1.15. The fraction of sp³-hybridized carbons (Fsp3) is 0.233. The SMILES string of the molecule is CC(C)(C)c1ccc2c(c1)N(c1ccc(C3=CCCc4oc5ccccc5c43)cc1)c1cc(C(C)(C)C)cc3c1B2c1ccc(C(C)(C)C)cc1N3c1ccc(-c2ccccc2)cc1. The van der Waals surface area contributed by atoms with E-state index in [-0.39, 0.29) is 23.0 Å². The monoisotopic (exact) mass is 832 g/mol. The van der Waals surface area contributed by atoms with Gasteiger partial charge in [-0.25, -0.2) is 0 Å². The molecular formula is C60H57BN2O. The van der Waals surface area contributed by atoms with Gasteiger partial charge in [0.25, 0.3) is 6.71 Å². The van der Waals surface area contributed by atoms with Crippen LogP contribution >= 0.6 is 0 Å². The van der Waals surface area contributed by atoms with Crippen molar-refractivity contribution in [2.24, 2.45) is 0 Å². The zero-order valence-corrected chi connectivity index (χ0v) is 38.8. The smallest absolute Gasteiger partial charge is 0.252 e. The molecular weight excluding hydrogens is 775 g/mol. The van der Waals surface area contributed by atoms with Crippen molar-refractivity contribution in [1.29, 1.82) is 0 Å². The van der Waals surface area contributed by atoms with Crippen LogP contribution in [0.3, 0.4) is 0 Å². The van der Waals surface area contributed by atoms with Crippen LogP contribution in [0.15, 0.2) is 162 Å². The van der Waals surface area contributed by atoms with Crippen LogP contribution in [0.25, 0.3) is 27.7 Å². The molecule has 0 unspecified atom stereocenters. The van der Waals surface area contributed by atoms with Gasteiger partial charge in [0.15, 0.2) is 0 Å². The third-order valence-electron chi connectivity index (χ3n) is 14.0. The molecule has 1 aliphatic carbocycles. The highest BCUT2D eigenvalue weighted by atomic mass is 16.3. The highest BCUT2D eigenvalue weighted by Gasteiger charge is 2.45. The lowest BCUT2D eigenvalue weighted by Gasteiger charge is -2.45. The molecule has 3 nitrogen and oxygen atoms in total. The average molecular weight is 833 g/mol. The van der Waals surface area contributed by atoms with E-state index >= 15 is 0 Å². The average Bonchev–Trinajstić information content (AvgIpc) is 3.67. The van der Waals surface area contributed by atoms with Gasteiger partial charge in [-0.2, -0.15) is 0 Å². The maximum Gasteiger partial charge on any atom is 0.252 e. The number of fused-ring (bicyclic) bond motifs is 7. The molecule has 0 fully saturated rings. The molecule has 11 rings (SSSR count).